The molecule has 178 valence electrons. The molecule has 34 heavy (non-hydrogen) atoms. The number of benzene rings is 3. The molecular formula is C29H33BrN2O2. The smallest absolute Gasteiger partial charge is 0.243 e. The van der Waals surface area contributed by atoms with E-state index in [1.807, 2.05) is 61.5 Å². The summed E-state index contributed by atoms with van der Waals surface area (Å²) in [5, 5.41) is 3.02. The number of carbonyl (C=O) groups is 2. The van der Waals surface area contributed by atoms with Crippen LogP contribution in [0.2, 0.25) is 0 Å². The molecule has 0 heterocycles. The normalized spacial score (nSPS) is 11.6. The Kier molecular flexibility index (Phi) is 9.89. The summed E-state index contributed by atoms with van der Waals surface area (Å²) in [6.07, 6.45) is 2.32. The second kappa shape index (κ2) is 13.1. The van der Waals surface area contributed by atoms with Crippen molar-refractivity contribution < 1.29 is 9.59 Å². The SMILES string of the molecule is CCCNC(=O)C(Cc1ccccc1)N(Cc1ccc(Br)cc1)C(=O)CCc1ccc(C)cc1. The maximum Gasteiger partial charge on any atom is 0.243 e. The van der Waals surface area contributed by atoms with Crippen molar-refractivity contribution in [3.8, 4) is 0 Å². The van der Waals surface area contributed by atoms with Crippen molar-refractivity contribution >= 4 is 27.7 Å². The average Bonchev–Trinajstić information content (AvgIpc) is 2.86. The molecule has 0 aliphatic heterocycles. The van der Waals surface area contributed by atoms with Crippen molar-refractivity contribution in [3.05, 3.63) is 106 Å². The number of halogens is 1. The predicted octanol–water partition coefficient (Wildman–Crippen LogP) is 5.86. The molecule has 0 saturated heterocycles. The van der Waals surface area contributed by atoms with Crippen molar-refractivity contribution in [3.63, 3.8) is 0 Å². The molecule has 4 nitrogen and oxygen atoms in total. The molecule has 1 unspecified atom stereocenters. The molecule has 3 rings (SSSR count). The molecule has 0 radical (unpaired) electrons. The van der Waals surface area contributed by atoms with Crippen LogP contribution in [-0.4, -0.2) is 29.3 Å². The first-order valence-electron chi connectivity index (χ1n) is 11.9. The van der Waals surface area contributed by atoms with Gasteiger partial charge in [0.2, 0.25) is 11.8 Å². The molecule has 1 N–H and O–H groups in total. The molecule has 0 fully saturated rings. The Morgan fingerprint density at radius 2 is 1.53 bits per heavy atom. The molecule has 0 bridgehead atoms. The first kappa shape index (κ1) is 25.7. The summed E-state index contributed by atoms with van der Waals surface area (Å²) in [5.41, 5.74) is 4.35. The summed E-state index contributed by atoms with van der Waals surface area (Å²) in [4.78, 5) is 28.7. The van der Waals surface area contributed by atoms with E-state index in [0.717, 1.165) is 27.6 Å². The predicted molar refractivity (Wildman–Crippen MR) is 141 cm³/mol. The van der Waals surface area contributed by atoms with Gasteiger partial charge in [0.15, 0.2) is 0 Å². The van der Waals surface area contributed by atoms with Crippen LogP contribution in [0.4, 0.5) is 0 Å². The fraction of sp³-hybridized carbons (Fsp3) is 0.310. The zero-order chi connectivity index (χ0) is 24.3. The van der Waals surface area contributed by atoms with Crippen LogP contribution in [0.15, 0.2) is 83.3 Å². The molecule has 1 atom stereocenters. The van der Waals surface area contributed by atoms with Crippen LogP contribution in [-0.2, 0) is 29.0 Å². The minimum Gasteiger partial charge on any atom is -0.354 e. The van der Waals surface area contributed by atoms with Gasteiger partial charge in [0, 0.05) is 30.4 Å². The van der Waals surface area contributed by atoms with Gasteiger partial charge in [-0.05, 0) is 48.6 Å². The first-order chi connectivity index (χ1) is 16.5. The largest absolute Gasteiger partial charge is 0.354 e. The second-order valence-corrected chi connectivity index (χ2v) is 9.55. The monoisotopic (exact) mass is 520 g/mol. The summed E-state index contributed by atoms with van der Waals surface area (Å²) in [5.74, 6) is -0.123. The highest BCUT2D eigenvalue weighted by Crippen LogP contribution is 2.19. The van der Waals surface area contributed by atoms with Crippen molar-refractivity contribution in [1.29, 1.82) is 0 Å². The van der Waals surface area contributed by atoms with Gasteiger partial charge in [-0.2, -0.15) is 0 Å². The van der Waals surface area contributed by atoms with Crippen LogP contribution in [0.25, 0.3) is 0 Å². The highest BCUT2D eigenvalue weighted by molar-refractivity contribution is 9.10. The van der Waals surface area contributed by atoms with Crippen molar-refractivity contribution in [2.75, 3.05) is 6.54 Å². The van der Waals surface area contributed by atoms with E-state index in [9.17, 15) is 9.59 Å². The number of rotatable bonds is 11. The lowest BCUT2D eigenvalue weighted by atomic mass is 10.0. The highest BCUT2D eigenvalue weighted by atomic mass is 79.9. The average molecular weight is 521 g/mol. The fourth-order valence-corrected chi connectivity index (χ4v) is 4.12. The van der Waals surface area contributed by atoms with E-state index in [2.05, 4.69) is 52.4 Å². The van der Waals surface area contributed by atoms with Crippen molar-refractivity contribution in [2.45, 2.75) is 52.1 Å². The van der Waals surface area contributed by atoms with Gasteiger partial charge in [-0.3, -0.25) is 9.59 Å². The summed E-state index contributed by atoms with van der Waals surface area (Å²) < 4.78 is 0.982. The summed E-state index contributed by atoms with van der Waals surface area (Å²) in [6.45, 7) is 5.06. The van der Waals surface area contributed by atoms with E-state index in [0.29, 0.717) is 32.4 Å². The van der Waals surface area contributed by atoms with Gasteiger partial charge in [-0.1, -0.05) is 95.1 Å². The van der Waals surface area contributed by atoms with Gasteiger partial charge in [0.1, 0.15) is 6.04 Å². The van der Waals surface area contributed by atoms with Crippen LogP contribution < -0.4 is 5.32 Å². The van der Waals surface area contributed by atoms with Gasteiger partial charge in [0.25, 0.3) is 0 Å². The Balaban J connectivity index is 1.87. The zero-order valence-corrected chi connectivity index (χ0v) is 21.6. The lowest BCUT2D eigenvalue weighted by molar-refractivity contribution is -0.141. The Bertz CT molecular complexity index is 1050. The Labute approximate surface area is 211 Å². The van der Waals surface area contributed by atoms with Gasteiger partial charge >= 0.3 is 0 Å². The van der Waals surface area contributed by atoms with Crippen molar-refractivity contribution in [1.82, 2.24) is 10.2 Å². The molecule has 0 spiro atoms. The quantitative estimate of drug-likeness (QED) is 0.344. The van der Waals surface area contributed by atoms with Crippen LogP contribution in [0.3, 0.4) is 0 Å². The lowest BCUT2D eigenvalue weighted by Gasteiger charge is -2.31. The summed E-state index contributed by atoms with van der Waals surface area (Å²) in [7, 11) is 0. The molecule has 0 saturated carbocycles. The molecule has 0 aliphatic rings. The van der Waals surface area contributed by atoms with E-state index in [4.69, 9.17) is 0 Å². The standard InChI is InChI=1S/C29H33BrN2O2/c1-3-19-31-29(34)27(20-24-7-5-4-6-8-24)32(21-25-13-16-26(30)17-14-25)28(33)18-15-23-11-9-22(2)10-12-23/h4-14,16-17,27H,3,15,18-21H2,1-2H3,(H,31,34). The Morgan fingerprint density at radius 1 is 0.882 bits per heavy atom. The molecule has 0 aromatic heterocycles. The van der Waals surface area contributed by atoms with E-state index >= 15 is 0 Å². The van der Waals surface area contributed by atoms with E-state index in [-0.39, 0.29) is 11.8 Å². The number of hydrogen-bond donors (Lipinski definition) is 1. The second-order valence-electron chi connectivity index (χ2n) is 8.63. The number of hydrogen-bond acceptors (Lipinski definition) is 2. The summed E-state index contributed by atoms with van der Waals surface area (Å²) in [6, 6.07) is 25.5. The van der Waals surface area contributed by atoms with Crippen LogP contribution in [0.5, 0.6) is 0 Å². The van der Waals surface area contributed by atoms with E-state index < -0.39 is 6.04 Å². The molecule has 2 amide bonds. The van der Waals surface area contributed by atoms with Crippen LogP contribution in [0.1, 0.15) is 42.0 Å². The molecule has 3 aromatic carbocycles. The maximum absolute atomic E-state index is 13.6. The lowest BCUT2D eigenvalue weighted by Crippen LogP contribution is -2.50. The third-order valence-corrected chi connectivity index (χ3v) is 6.36. The summed E-state index contributed by atoms with van der Waals surface area (Å²) >= 11 is 3.48. The number of aryl methyl sites for hydroxylation is 2. The van der Waals surface area contributed by atoms with Crippen molar-refractivity contribution in [2.24, 2.45) is 0 Å². The number of nitrogens with one attached hydrogen (secondary N) is 1. The minimum absolute atomic E-state index is 0.0175. The van der Waals surface area contributed by atoms with Gasteiger partial charge in [-0.15, -0.1) is 0 Å². The highest BCUT2D eigenvalue weighted by Gasteiger charge is 2.30. The molecule has 5 heteroatoms. The third kappa shape index (κ3) is 7.84. The fourth-order valence-electron chi connectivity index (χ4n) is 3.86. The first-order valence-corrected chi connectivity index (χ1v) is 12.7. The number of nitrogens with zero attached hydrogens (tertiary/aromatic N) is 1. The molecule has 0 aliphatic carbocycles. The van der Waals surface area contributed by atoms with E-state index in [1.165, 1.54) is 5.56 Å². The van der Waals surface area contributed by atoms with E-state index in [1.54, 1.807) is 4.90 Å². The number of amides is 2. The Morgan fingerprint density at radius 3 is 2.18 bits per heavy atom. The minimum atomic E-state index is -0.580. The zero-order valence-electron chi connectivity index (χ0n) is 20.0. The number of carbonyl (C=O) groups excluding carboxylic acids is 2. The van der Waals surface area contributed by atoms with Crippen LogP contribution >= 0.6 is 15.9 Å². The van der Waals surface area contributed by atoms with Gasteiger partial charge in [-0.25, -0.2) is 0 Å². The topological polar surface area (TPSA) is 49.4 Å². The van der Waals surface area contributed by atoms with Gasteiger partial charge in [0.05, 0.1) is 0 Å². The van der Waals surface area contributed by atoms with Crippen LogP contribution in [0, 0.1) is 6.92 Å². The third-order valence-electron chi connectivity index (χ3n) is 5.83. The maximum atomic E-state index is 13.6. The molecule has 3 aromatic rings. The van der Waals surface area contributed by atoms with Gasteiger partial charge < -0.3 is 10.2 Å². The Hall–Kier alpha value is -2.92. The molecular weight excluding hydrogens is 488 g/mol.